The Hall–Kier alpha value is -2.03. The minimum Gasteiger partial charge on any atom is -0.472 e. The summed E-state index contributed by atoms with van der Waals surface area (Å²) in [7, 11) is 0. The topological polar surface area (TPSA) is 42.2 Å². The van der Waals surface area contributed by atoms with E-state index in [0.717, 1.165) is 44.1 Å². The van der Waals surface area contributed by atoms with Crippen LogP contribution in [-0.4, -0.2) is 5.91 Å². The van der Waals surface area contributed by atoms with Crippen LogP contribution in [0.15, 0.2) is 59.5 Å². The van der Waals surface area contributed by atoms with Crippen LogP contribution in [0.4, 0.5) is 0 Å². The highest BCUT2D eigenvalue weighted by atomic mass is 16.3. The predicted octanol–water partition coefficient (Wildman–Crippen LogP) is 6.49. The fourth-order valence-corrected chi connectivity index (χ4v) is 2.59. The van der Waals surface area contributed by atoms with Crippen LogP contribution in [0.5, 0.6) is 0 Å². The number of hydrogen-bond acceptors (Lipinski definition) is 2. The zero-order chi connectivity index (χ0) is 18.7. The Morgan fingerprint density at radius 2 is 1.65 bits per heavy atom. The summed E-state index contributed by atoms with van der Waals surface area (Å²) in [6.07, 6.45) is 27.5. The maximum atomic E-state index is 11.7. The van der Waals surface area contributed by atoms with Crippen LogP contribution >= 0.6 is 0 Å². The van der Waals surface area contributed by atoms with Crippen LogP contribution in [0, 0.1) is 0 Å². The highest BCUT2D eigenvalue weighted by Gasteiger charge is 2.01. The lowest BCUT2D eigenvalue weighted by Crippen LogP contribution is -2.21. The number of carbonyl (C=O) groups excluding carboxylic acids is 1. The number of hydrogen-bond donors (Lipinski definition) is 1. The van der Waals surface area contributed by atoms with Crippen molar-refractivity contribution in [1.82, 2.24) is 5.32 Å². The molecule has 3 nitrogen and oxygen atoms in total. The Kier molecular flexibility index (Phi) is 13.9. The molecule has 0 aromatic carbocycles. The Morgan fingerprint density at radius 1 is 0.962 bits per heavy atom. The second-order valence-corrected chi connectivity index (χ2v) is 6.51. The molecule has 144 valence electrons. The van der Waals surface area contributed by atoms with E-state index < -0.39 is 0 Å². The van der Waals surface area contributed by atoms with Crippen LogP contribution in [0.1, 0.15) is 76.7 Å². The third-order valence-corrected chi connectivity index (χ3v) is 4.12. The molecule has 26 heavy (non-hydrogen) atoms. The Bertz CT molecular complexity index is 526. The molecule has 0 spiro atoms. The lowest BCUT2D eigenvalue weighted by Gasteiger charge is -2.03. The van der Waals surface area contributed by atoms with Gasteiger partial charge in [0.05, 0.1) is 12.5 Å². The maximum absolute atomic E-state index is 11.7. The van der Waals surface area contributed by atoms with Gasteiger partial charge < -0.3 is 9.73 Å². The van der Waals surface area contributed by atoms with Gasteiger partial charge in [-0.25, -0.2) is 0 Å². The van der Waals surface area contributed by atoms with Gasteiger partial charge in [0.25, 0.3) is 0 Å². The first-order chi connectivity index (χ1) is 12.8. The van der Waals surface area contributed by atoms with E-state index in [4.69, 9.17) is 4.42 Å². The third kappa shape index (κ3) is 13.3. The summed E-state index contributed by atoms with van der Waals surface area (Å²) >= 11 is 0. The quantitative estimate of drug-likeness (QED) is 0.288. The predicted molar refractivity (Wildman–Crippen MR) is 110 cm³/mol. The molecule has 1 aromatic rings. The highest BCUT2D eigenvalue weighted by Crippen LogP contribution is 2.08. The van der Waals surface area contributed by atoms with E-state index in [2.05, 4.69) is 48.7 Å². The number of amides is 1. The van der Waals surface area contributed by atoms with Gasteiger partial charge in [0.1, 0.15) is 0 Å². The summed E-state index contributed by atoms with van der Waals surface area (Å²) in [4.78, 5) is 11.7. The van der Waals surface area contributed by atoms with E-state index in [1.807, 2.05) is 6.07 Å². The number of unbranched alkanes of at least 4 members (excludes halogenated alkanes) is 5. The third-order valence-electron chi connectivity index (χ3n) is 4.12. The summed E-state index contributed by atoms with van der Waals surface area (Å²) in [5, 5.41) is 2.92. The molecule has 0 saturated heterocycles. The summed E-state index contributed by atoms with van der Waals surface area (Å²) < 4.78 is 4.98. The zero-order valence-corrected chi connectivity index (χ0v) is 16.3. The van der Waals surface area contributed by atoms with Crippen molar-refractivity contribution in [1.29, 1.82) is 0 Å². The molecular weight excluding hydrogens is 322 g/mol. The van der Waals surface area contributed by atoms with Crippen molar-refractivity contribution < 1.29 is 9.21 Å². The van der Waals surface area contributed by atoms with Gasteiger partial charge in [-0.2, -0.15) is 0 Å². The summed E-state index contributed by atoms with van der Waals surface area (Å²) in [6.45, 7) is 2.72. The normalized spacial score (nSPS) is 11.9. The lowest BCUT2D eigenvalue weighted by atomic mass is 10.1. The van der Waals surface area contributed by atoms with E-state index in [1.54, 1.807) is 12.5 Å². The Morgan fingerprint density at radius 3 is 2.38 bits per heavy atom. The Labute approximate surface area is 159 Å². The fraction of sp³-hybridized carbons (Fsp3) is 0.522. The van der Waals surface area contributed by atoms with Crippen LogP contribution in [0.3, 0.4) is 0 Å². The van der Waals surface area contributed by atoms with E-state index >= 15 is 0 Å². The highest BCUT2D eigenvalue weighted by molar-refractivity contribution is 5.75. The first-order valence-corrected chi connectivity index (χ1v) is 10.1. The van der Waals surface area contributed by atoms with Gasteiger partial charge in [0.2, 0.25) is 5.91 Å². The second kappa shape index (κ2) is 16.4. The van der Waals surface area contributed by atoms with Crippen molar-refractivity contribution in [2.75, 3.05) is 0 Å². The summed E-state index contributed by atoms with van der Waals surface area (Å²) in [6, 6.07) is 1.87. The van der Waals surface area contributed by atoms with E-state index in [9.17, 15) is 4.79 Å². The standard InChI is InChI=1S/C23H35NO2/c1-2-3-4-5-6-7-8-9-10-11-12-13-14-15-16-17-23(25)24-20-22-18-19-26-21-22/h3-4,6-7,9-10,18-19,21H,2,5,8,11-17,20H2,1H3,(H,24,25). The minimum absolute atomic E-state index is 0.132. The minimum atomic E-state index is 0.132. The summed E-state index contributed by atoms with van der Waals surface area (Å²) in [5.74, 6) is 0.132. The average Bonchev–Trinajstić information content (AvgIpc) is 3.17. The second-order valence-electron chi connectivity index (χ2n) is 6.51. The number of furan rings is 1. The van der Waals surface area contributed by atoms with Crippen molar-refractivity contribution in [3.05, 3.63) is 60.6 Å². The van der Waals surface area contributed by atoms with Crippen LogP contribution in [-0.2, 0) is 11.3 Å². The number of carbonyl (C=O) groups is 1. The van der Waals surface area contributed by atoms with Gasteiger partial charge >= 0.3 is 0 Å². The van der Waals surface area contributed by atoms with Gasteiger partial charge in [0.15, 0.2) is 0 Å². The number of nitrogens with one attached hydrogen (secondary N) is 1. The largest absolute Gasteiger partial charge is 0.472 e. The molecule has 0 atom stereocenters. The smallest absolute Gasteiger partial charge is 0.220 e. The summed E-state index contributed by atoms with van der Waals surface area (Å²) in [5.41, 5.74) is 1.01. The lowest BCUT2D eigenvalue weighted by molar-refractivity contribution is -0.121. The first kappa shape index (κ1) is 22.0. The van der Waals surface area contributed by atoms with E-state index in [0.29, 0.717) is 13.0 Å². The van der Waals surface area contributed by atoms with E-state index in [-0.39, 0.29) is 5.91 Å². The van der Waals surface area contributed by atoms with Gasteiger partial charge in [-0.15, -0.1) is 0 Å². The SMILES string of the molecule is CCC=CCC=CCC=CCCCCCCCC(=O)NCc1ccoc1. The maximum Gasteiger partial charge on any atom is 0.220 e. The van der Waals surface area contributed by atoms with Crippen LogP contribution in [0.2, 0.25) is 0 Å². The molecule has 0 unspecified atom stereocenters. The zero-order valence-electron chi connectivity index (χ0n) is 16.3. The molecule has 0 aliphatic heterocycles. The number of allylic oxidation sites excluding steroid dienone is 6. The van der Waals surface area contributed by atoms with Crippen LogP contribution < -0.4 is 5.32 Å². The van der Waals surface area contributed by atoms with Crippen molar-refractivity contribution in [2.24, 2.45) is 0 Å². The molecule has 1 amide bonds. The molecule has 1 N–H and O–H groups in total. The van der Waals surface area contributed by atoms with Crippen molar-refractivity contribution in [2.45, 2.75) is 77.7 Å². The van der Waals surface area contributed by atoms with Gasteiger partial charge in [-0.05, 0) is 44.6 Å². The van der Waals surface area contributed by atoms with E-state index in [1.165, 1.54) is 19.3 Å². The number of rotatable bonds is 15. The van der Waals surface area contributed by atoms with Crippen molar-refractivity contribution >= 4 is 5.91 Å². The van der Waals surface area contributed by atoms with Crippen molar-refractivity contribution in [3.8, 4) is 0 Å². The molecule has 0 saturated carbocycles. The van der Waals surface area contributed by atoms with Crippen LogP contribution in [0.25, 0.3) is 0 Å². The first-order valence-electron chi connectivity index (χ1n) is 10.1. The monoisotopic (exact) mass is 357 g/mol. The molecular formula is C23H35NO2. The van der Waals surface area contributed by atoms with Gasteiger partial charge in [-0.3, -0.25) is 4.79 Å². The molecule has 3 heteroatoms. The Balaban J connectivity index is 1.84. The van der Waals surface area contributed by atoms with Gasteiger partial charge in [-0.1, -0.05) is 62.6 Å². The molecule has 1 heterocycles. The van der Waals surface area contributed by atoms with Crippen molar-refractivity contribution in [3.63, 3.8) is 0 Å². The molecule has 0 aliphatic rings. The molecule has 0 radical (unpaired) electrons. The molecule has 0 fully saturated rings. The van der Waals surface area contributed by atoms with Gasteiger partial charge in [0, 0.05) is 18.5 Å². The molecule has 0 aliphatic carbocycles. The molecule has 0 bridgehead atoms. The average molecular weight is 358 g/mol. The molecule has 1 rings (SSSR count). The molecule has 1 aromatic heterocycles. The fourth-order valence-electron chi connectivity index (χ4n) is 2.59.